The number of hydrogen-bond donors (Lipinski definition) is 1. The molecule has 4 rings (SSSR count). The first-order valence-electron chi connectivity index (χ1n) is 10.7. The Kier molecular flexibility index (Phi) is 7.16. The number of nitrogens with zero attached hydrogens (tertiary/aromatic N) is 4. The Hall–Kier alpha value is -3.49. The topological polar surface area (TPSA) is 91.6 Å². The summed E-state index contributed by atoms with van der Waals surface area (Å²) in [5.41, 5.74) is 2.95. The van der Waals surface area contributed by atoms with Crippen molar-refractivity contribution in [2.45, 2.75) is 6.42 Å². The van der Waals surface area contributed by atoms with E-state index in [9.17, 15) is 14.9 Å². The Morgan fingerprint density at radius 3 is 2.48 bits per heavy atom. The predicted molar refractivity (Wildman–Crippen MR) is 129 cm³/mol. The van der Waals surface area contributed by atoms with Crippen LogP contribution in [0.1, 0.15) is 15.9 Å². The molecule has 0 radical (unpaired) electrons. The molecule has 170 valence electrons. The molecule has 1 amide bonds. The van der Waals surface area contributed by atoms with Crippen molar-refractivity contribution in [1.29, 1.82) is 0 Å². The van der Waals surface area contributed by atoms with Crippen LogP contribution in [0.25, 0.3) is 0 Å². The van der Waals surface area contributed by atoms with Crippen LogP contribution in [0.4, 0.5) is 17.1 Å². The number of benzene rings is 2. The van der Waals surface area contributed by atoms with Crippen LogP contribution in [0.5, 0.6) is 0 Å². The van der Waals surface area contributed by atoms with Crippen molar-refractivity contribution in [2.24, 2.45) is 0 Å². The number of carbonyl (C=O) groups is 1. The molecule has 33 heavy (non-hydrogen) atoms. The number of hydrogen-bond acceptors (Lipinski definition) is 6. The van der Waals surface area contributed by atoms with Crippen molar-refractivity contribution in [3.8, 4) is 0 Å². The summed E-state index contributed by atoms with van der Waals surface area (Å²) in [6.07, 6.45) is 4.63. The van der Waals surface area contributed by atoms with Crippen LogP contribution in [0.2, 0.25) is 5.02 Å². The molecule has 2 heterocycles. The van der Waals surface area contributed by atoms with Gasteiger partial charge in [0.15, 0.2) is 0 Å². The summed E-state index contributed by atoms with van der Waals surface area (Å²) in [4.78, 5) is 32.0. The predicted octanol–water partition coefficient (Wildman–Crippen LogP) is 4.26. The average Bonchev–Trinajstić information content (AvgIpc) is 2.84. The highest BCUT2D eigenvalue weighted by molar-refractivity contribution is 6.34. The van der Waals surface area contributed by atoms with Gasteiger partial charge in [-0.2, -0.15) is 0 Å². The third-order valence-corrected chi connectivity index (χ3v) is 6.05. The number of rotatable bonds is 7. The fraction of sp³-hybridized carbons (Fsp3) is 0.250. The number of nitro benzene ring substituents is 1. The highest BCUT2D eigenvalue weighted by Gasteiger charge is 2.21. The molecule has 1 aliphatic heterocycles. The number of amides is 1. The van der Waals surface area contributed by atoms with Crippen LogP contribution < -0.4 is 10.2 Å². The van der Waals surface area contributed by atoms with Crippen LogP contribution >= 0.6 is 11.6 Å². The lowest BCUT2D eigenvalue weighted by Gasteiger charge is -2.37. The van der Waals surface area contributed by atoms with Crippen LogP contribution in [0.15, 0.2) is 67.0 Å². The summed E-state index contributed by atoms with van der Waals surface area (Å²) in [5, 5.41) is 13.9. The molecule has 1 fully saturated rings. The Bertz CT molecular complexity index is 1130. The van der Waals surface area contributed by atoms with Gasteiger partial charge in [0.2, 0.25) is 0 Å². The molecule has 1 aromatic heterocycles. The zero-order chi connectivity index (χ0) is 23.2. The van der Waals surface area contributed by atoms with E-state index in [1.54, 1.807) is 0 Å². The minimum Gasteiger partial charge on any atom is -0.367 e. The van der Waals surface area contributed by atoms with Crippen LogP contribution in [-0.2, 0) is 6.42 Å². The van der Waals surface area contributed by atoms with E-state index in [2.05, 4.69) is 20.1 Å². The molecule has 0 unspecified atom stereocenters. The summed E-state index contributed by atoms with van der Waals surface area (Å²) in [5.74, 6) is -0.404. The van der Waals surface area contributed by atoms with Gasteiger partial charge in [0.25, 0.3) is 11.6 Å². The van der Waals surface area contributed by atoms with E-state index in [0.717, 1.165) is 44.8 Å². The first kappa shape index (κ1) is 22.7. The van der Waals surface area contributed by atoms with Gasteiger partial charge >= 0.3 is 0 Å². The Labute approximate surface area is 197 Å². The molecular weight excluding hydrogens is 442 g/mol. The summed E-state index contributed by atoms with van der Waals surface area (Å²) < 4.78 is 0. The number of nitro groups is 1. The number of carbonyl (C=O) groups excluding carboxylic acids is 1. The number of halogens is 1. The maximum atomic E-state index is 12.8. The summed E-state index contributed by atoms with van der Waals surface area (Å²) >= 11 is 6.13. The van der Waals surface area contributed by atoms with Gasteiger partial charge in [-0.15, -0.1) is 0 Å². The van der Waals surface area contributed by atoms with E-state index in [1.807, 2.05) is 48.8 Å². The molecule has 0 saturated carbocycles. The minimum absolute atomic E-state index is 0.0435. The monoisotopic (exact) mass is 465 g/mol. The van der Waals surface area contributed by atoms with Gasteiger partial charge in [0.05, 0.1) is 26.9 Å². The van der Waals surface area contributed by atoms with Gasteiger partial charge in [-0.05, 0) is 42.3 Å². The van der Waals surface area contributed by atoms with Gasteiger partial charge in [0.1, 0.15) is 0 Å². The molecular formula is C24H24ClN5O3. The van der Waals surface area contributed by atoms with Gasteiger partial charge in [-0.1, -0.05) is 23.7 Å². The molecule has 0 spiro atoms. The van der Waals surface area contributed by atoms with Crippen LogP contribution in [0, 0.1) is 10.1 Å². The van der Waals surface area contributed by atoms with E-state index >= 15 is 0 Å². The minimum atomic E-state index is -0.542. The van der Waals surface area contributed by atoms with Crippen LogP contribution in [-0.4, -0.2) is 53.4 Å². The highest BCUT2D eigenvalue weighted by atomic mass is 35.5. The zero-order valence-corrected chi connectivity index (χ0v) is 18.7. The third-order valence-electron chi connectivity index (χ3n) is 5.74. The number of aromatic nitrogens is 1. The second-order valence-electron chi connectivity index (χ2n) is 7.83. The molecule has 3 aromatic rings. The second-order valence-corrected chi connectivity index (χ2v) is 8.23. The number of piperazine rings is 1. The van der Waals surface area contributed by atoms with Crippen molar-refractivity contribution in [1.82, 2.24) is 9.88 Å². The Morgan fingerprint density at radius 2 is 1.79 bits per heavy atom. The number of nitrogens with one attached hydrogen (secondary N) is 1. The van der Waals surface area contributed by atoms with Crippen molar-refractivity contribution in [3.63, 3.8) is 0 Å². The van der Waals surface area contributed by atoms with Crippen molar-refractivity contribution < 1.29 is 9.72 Å². The highest BCUT2D eigenvalue weighted by Crippen LogP contribution is 2.29. The van der Waals surface area contributed by atoms with Gasteiger partial charge in [-0.3, -0.25) is 24.8 Å². The van der Waals surface area contributed by atoms with Crippen LogP contribution in [0.3, 0.4) is 0 Å². The molecule has 9 heteroatoms. The molecule has 1 aliphatic rings. The summed E-state index contributed by atoms with van der Waals surface area (Å²) in [6.45, 7) is 4.56. The van der Waals surface area contributed by atoms with Crippen molar-refractivity contribution >= 4 is 34.6 Å². The van der Waals surface area contributed by atoms with Gasteiger partial charge < -0.3 is 10.2 Å². The fourth-order valence-electron chi connectivity index (χ4n) is 3.90. The first-order valence-corrected chi connectivity index (χ1v) is 11.1. The van der Waals surface area contributed by atoms with Crippen molar-refractivity contribution in [2.75, 3.05) is 42.9 Å². The molecule has 8 nitrogen and oxygen atoms in total. The van der Waals surface area contributed by atoms with E-state index in [1.165, 1.54) is 23.8 Å². The lowest BCUT2D eigenvalue weighted by molar-refractivity contribution is -0.384. The molecule has 0 bridgehead atoms. The largest absolute Gasteiger partial charge is 0.367 e. The lowest BCUT2D eigenvalue weighted by atomic mass is 10.1. The van der Waals surface area contributed by atoms with E-state index in [4.69, 9.17) is 11.6 Å². The van der Waals surface area contributed by atoms with Crippen molar-refractivity contribution in [3.05, 3.63) is 93.3 Å². The summed E-state index contributed by atoms with van der Waals surface area (Å²) in [6, 6.07) is 15.6. The number of anilines is 2. The standard InChI is InChI=1S/C24H24ClN5O3/c25-21-17-19(30(32)33)5-6-20(21)24(31)27-22-3-1-2-4-23(22)29-15-13-28(14-16-29)12-9-18-7-10-26-11-8-18/h1-8,10-11,17H,9,12-16H2,(H,27,31). The maximum Gasteiger partial charge on any atom is 0.270 e. The zero-order valence-electron chi connectivity index (χ0n) is 18.0. The summed E-state index contributed by atoms with van der Waals surface area (Å²) in [7, 11) is 0. The normalized spacial score (nSPS) is 14.2. The number of non-ortho nitro benzene ring substituents is 1. The average molecular weight is 466 g/mol. The fourth-order valence-corrected chi connectivity index (χ4v) is 4.16. The first-order chi connectivity index (χ1) is 16.0. The molecule has 2 aromatic carbocycles. The maximum absolute atomic E-state index is 12.8. The molecule has 1 N–H and O–H groups in total. The Morgan fingerprint density at radius 1 is 1.06 bits per heavy atom. The van der Waals surface area contributed by atoms with Gasteiger partial charge in [0, 0.05) is 57.3 Å². The second kappa shape index (κ2) is 10.4. The van der Waals surface area contributed by atoms with E-state index in [-0.39, 0.29) is 16.3 Å². The third kappa shape index (κ3) is 5.66. The smallest absolute Gasteiger partial charge is 0.270 e. The lowest BCUT2D eigenvalue weighted by Crippen LogP contribution is -2.47. The molecule has 0 atom stereocenters. The number of pyridine rings is 1. The molecule has 0 aliphatic carbocycles. The quantitative estimate of drug-likeness (QED) is 0.414. The van der Waals surface area contributed by atoms with Gasteiger partial charge in [-0.25, -0.2) is 0 Å². The molecule has 1 saturated heterocycles. The Balaban J connectivity index is 1.39. The van der Waals surface area contributed by atoms with E-state index < -0.39 is 10.8 Å². The SMILES string of the molecule is O=C(Nc1ccccc1N1CCN(CCc2ccncc2)CC1)c1ccc([N+](=O)[O-])cc1Cl. The van der Waals surface area contributed by atoms with E-state index in [0.29, 0.717) is 5.69 Å². The number of para-hydroxylation sites is 2.